The third-order valence-corrected chi connectivity index (χ3v) is 14.4. The van der Waals surface area contributed by atoms with E-state index in [1.54, 1.807) is 12.1 Å². The van der Waals surface area contributed by atoms with Crippen molar-refractivity contribution in [3.63, 3.8) is 0 Å². The van der Waals surface area contributed by atoms with Crippen molar-refractivity contribution < 1.29 is 38.4 Å². The minimum absolute atomic E-state index is 0. The van der Waals surface area contributed by atoms with Crippen LogP contribution in [0.3, 0.4) is 0 Å². The van der Waals surface area contributed by atoms with Gasteiger partial charge in [-0.2, -0.15) is 0 Å². The molecule has 3 N–H and O–H groups in total. The first-order chi connectivity index (χ1) is 28.1. The number of likely N-dealkylation sites (N-methyl/N-ethyl adjacent to an activating group) is 2. The molecule has 2 atom stereocenters. The molecular weight excluding hydrogens is 1710 g/mol. The highest BCUT2D eigenvalue weighted by atomic mass is 127. The maximum Gasteiger partial charge on any atom is 0.323 e. The molecule has 0 amide bonds. The summed E-state index contributed by atoms with van der Waals surface area (Å²) < 4.78 is 35.7. The largest absolute Gasteiger partial charge is 0.506 e. The van der Waals surface area contributed by atoms with Gasteiger partial charge in [-0.1, -0.05) is 28.7 Å². The number of phenols is 1. The molecule has 4 aromatic carbocycles. The summed E-state index contributed by atoms with van der Waals surface area (Å²) in [5, 5.41) is 16.3. The molecule has 2 unspecified atom stereocenters. The summed E-state index contributed by atoms with van der Waals surface area (Å²) >= 11 is 23.4. The van der Waals surface area contributed by atoms with Crippen LogP contribution >= 0.6 is 192 Å². The summed E-state index contributed by atoms with van der Waals surface area (Å²) in [6, 6.07) is 14.9. The third-order valence-electron chi connectivity index (χ3n) is 7.76. The second-order valence-electron chi connectivity index (χ2n) is 12.1. The molecule has 61 heavy (non-hydrogen) atoms. The van der Waals surface area contributed by atoms with E-state index in [0.29, 0.717) is 57.4 Å². The number of phenolic OH excluding ortho intramolecular Hbond substituents is 1. The lowest BCUT2D eigenvalue weighted by atomic mass is 10.1. The summed E-state index contributed by atoms with van der Waals surface area (Å²) in [5.41, 5.74) is 2.09. The highest BCUT2D eigenvalue weighted by molar-refractivity contribution is 14.1. The Labute approximate surface area is 474 Å². The molecule has 0 aliphatic rings. The van der Waals surface area contributed by atoms with Gasteiger partial charge in [-0.25, -0.2) is 0 Å². The van der Waals surface area contributed by atoms with Crippen LogP contribution in [0.25, 0.3) is 0 Å². The van der Waals surface area contributed by atoms with Gasteiger partial charge in [-0.15, -0.1) is 11.6 Å². The van der Waals surface area contributed by atoms with Crippen molar-refractivity contribution in [3.05, 3.63) is 88.2 Å². The molecule has 4 aromatic rings. The Balaban J connectivity index is 0.000000593. The zero-order valence-corrected chi connectivity index (χ0v) is 50.2. The van der Waals surface area contributed by atoms with Gasteiger partial charge in [0.25, 0.3) is 0 Å². The van der Waals surface area contributed by atoms with Gasteiger partial charge in [-0.3, -0.25) is 9.59 Å². The molecule has 0 fully saturated rings. The zero-order chi connectivity index (χ0) is 43.8. The van der Waals surface area contributed by atoms with Crippen LogP contribution < -0.4 is 24.8 Å². The van der Waals surface area contributed by atoms with E-state index in [9.17, 15) is 14.7 Å². The molecule has 0 saturated carbocycles. The van der Waals surface area contributed by atoms with Crippen molar-refractivity contribution in [1.29, 1.82) is 0 Å². The Hall–Kier alpha value is 1.07. The summed E-state index contributed by atoms with van der Waals surface area (Å²) in [4.78, 5) is 24.4. The number of aromatic hydroxyl groups is 1. The molecule has 10 nitrogen and oxygen atoms in total. The second kappa shape index (κ2) is 31.2. The van der Waals surface area contributed by atoms with Crippen LogP contribution in [0.4, 0.5) is 0 Å². The number of hydrogen-bond donors (Lipinski definition) is 3. The first kappa shape index (κ1) is 60.1. The number of esters is 2. The standard InChI is InChI=1S/C21H22ClI4NO4.C19H19I4NO4.2CH4/c1-3-27-18(21(28)29-4-2)9-12-7-14(23)20(15(24)8-12)31-13-10-16(25)19(17(26)11-13)30-6-5-22;1-3-24-16(19(26)27-4-2)7-10-5-14(22)18(15(23)6-10)28-11-8-12(20)17(25)13(21)9-11;;/h7-8,10-11,18,27H,3-6,9H2,1-2H3;5-6,8-9,16,24-25H,3-4,7H2,1-2H3;2*1H4. The predicted octanol–water partition coefficient (Wildman–Crippen LogP) is 13.6. The summed E-state index contributed by atoms with van der Waals surface area (Å²) in [6.07, 6.45) is 1.11. The van der Waals surface area contributed by atoms with E-state index in [4.69, 9.17) is 35.3 Å². The molecule has 0 saturated heterocycles. The quantitative estimate of drug-likeness (QED) is 0.0475. The Bertz CT molecular complexity index is 1970. The highest BCUT2D eigenvalue weighted by Gasteiger charge is 2.23. The molecule has 0 heterocycles. The Morgan fingerprint density at radius 1 is 0.574 bits per heavy atom. The minimum Gasteiger partial charge on any atom is -0.506 e. The van der Waals surface area contributed by atoms with E-state index in [0.717, 1.165) is 62.7 Å². The Morgan fingerprint density at radius 2 is 0.902 bits per heavy atom. The van der Waals surface area contributed by atoms with Crippen LogP contribution in [0.1, 0.15) is 53.7 Å². The maximum atomic E-state index is 12.2. The van der Waals surface area contributed by atoms with Gasteiger partial charge in [0, 0.05) is 0 Å². The van der Waals surface area contributed by atoms with E-state index >= 15 is 0 Å². The van der Waals surface area contributed by atoms with Crippen molar-refractivity contribution in [2.45, 2.75) is 67.5 Å². The monoisotopic (exact) mass is 1760 g/mol. The molecule has 0 aromatic heterocycles. The van der Waals surface area contributed by atoms with E-state index in [2.05, 4.69) is 203 Å². The first-order valence-corrected chi connectivity index (χ1v) is 27.2. The van der Waals surface area contributed by atoms with Crippen LogP contribution in [0.5, 0.6) is 34.5 Å². The van der Waals surface area contributed by atoms with Crippen molar-refractivity contribution >= 4 is 204 Å². The summed E-state index contributed by atoms with van der Waals surface area (Å²) in [6.45, 7) is 10.2. The van der Waals surface area contributed by atoms with Crippen molar-refractivity contribution in [2.24, 2.45) is 0 Å². The number of ether oxygens (including phenoxy) is 5. The van der Waals surface area contributed by atoms with Crippen molar-refractivity contribution in [3.8, 4) is 34.5 Å². The zero-order valence-electron chi connectivity index (χ0n) is 32.1. The molecule has 0 radical (unpaired) electrons. The number of alkyl halides is 1. The lowest BCUT2D eigenvalue weighted by molar-refractivity contribution is -0.146. The fraction of sp³-hybridized carbons (Fsp3) is 0.381. The fourth-order valence-electron chi connectivity index (χ4n) is 5.29. The van der Waals surface area contributed by atoms with E-state index in [-0.39, 0.29) is 44.6 Å². The van der Waals surface area contributed by atoms with Crippen LogP contribution in [-0.2, 0) is 31.9 Å². The lowest BCUT2D eigenvalue weighted by Gasteiger charge is -2.18. The normalized spacial score (nSPS) is 11.5. The van der Waals surface area contributed by atoms with Gasteiger partial charge in [0.2, 0.25) is 0 Å². The van der Waals surface area contributed by atoms with Crippen LogP contribution in [0, 0.1) is 28.6 Å². The molecule has 0 bridgehead atoms. The number of rotatable bonds is 19. The van der Waals surface area contributed by atoms with E-state index in [1.165, 1.54) is 0 Å². The number of hydrogen-bond acceptors (Lipinski definition) is 10. The number of benzene rings is 4. The average Bonchev–Trinajstić information content (AvgIpc) is 3.16. The average molecular weight is 1760 g/mol. The van der Waals surface area contributed by atoms with Crippen molar-refractivity contribution in [1.82, 2.24) is 10.6 Å². The van der Waals surface area contributed by atoms with Gasteiger partial charge in [0.05, 0.1) is 47.7 Å². The van der Waals surface area contributed by atoms with Crippen LogP contribution in [-0.4, -0.2) is 67.9 Å². The van der Waals surface area contributed by atoms with E-state index < -0.39 is 0 Å². The van der Waals surface area contributed by atoms with Crippen molar-refractivity contribution in [2.75, 3.05) is 38.8 Å². The van der Waals surface area contributed by atoms with Gasteiger partial charge < -0.3 is 39.4 Å². The predicted molar refractivity (Wildman–Crippen MR) is 315 cm³/mol. The summed E-state index contributed by atoms with van der Waals surface area (Å²) in [5.74, 6) is 4.04. The van der Waals surface area contributed by atoms with Crippen LogP contribution in [0.15, 0.2) is 48.5 Å². The molecule has 0 spiro atoms. The smallest absolute Gasteiger partial charge is 0.323 e. The summed E-state index contributed by atoms with van der Waals surface area (Å²) in [7, 11) is 0. The lowest BCUT2D eigenvalue weighted by Crippen LogP contribution is -2.39. The van der Waals surface area contributed by atoms with Crippen LogP contribution in [0.2, 0.25) is 0 Å². The highest BCUT2D eigenvalue weighted by Crippen LogP contribution is 2.39. The topological polar surface area (TPSA) is 125 Å². The molecule has 4 rings (SSSR count). The third kappa shape index (κ3) is 19.3. The molecule has 0 aliphatic carbocycles. The van der Waals surface area contributed by atoms with Gasteiger partial charge in [0.15, 0.2) is 11.5 Å². The molecule has 19 heteroatoms. The second-order valence-corrected chi connectivity index (χ2v) is 21.8. The van der Waals surface area contributed by atoms with Gasteiger partial charge in [-0.05, 0) is 280 Å². The molecular formula is C42H49ClI8N2O8. The number of carbonyl (C=O) groups is 2. The van der Waals surface area contributed by atoms with E-state index in [1.807, 2.05) is 52.0 Å². The SMILES string of the molecule is C.C.CCNC(Cc1cc(I)c(Oc2cc(I)c(O)c(I)c2)c(I)c1)C(=O)OCC.CCNC(Cc1cc(I)c(Oc2cc(I)c(OCCCl)c(I)c2)c(I)c1)C(=O)OCC. The van der Waals surface area contributed by atoms with Gasteiger partial charge in [0.1, 0.15) is 41.7 Å². The number of halogens is 9. The fourth-order valence-corrected chi connectivity index (χ4v) is 13.3. The van der Waals surface area contributed by atoms with Gasteiger partial charge >= 0.3 is 11.9 Å². The Kier molecular flexibility index (Phi) is 30.7. The minimum atomic E-state index is -0.372. The maximum absolute atomic E-state index is 12.2. The molecule has 0 aliphatic heterocycles. The Morgan fingerprint density at radius 3 is 1.21 bits per heavy atom. The first-order valence-electron chi connectivity index (χ1n) is 18.0. The molecule has 338 valence electrons. The number of carbonyl (C=O) groups excluding carboxylic acids is 2. The number of nitrogens with one attached hydrogen (secondary N) is 2.